The van der Waals surface area contributed by atoms with Crippen LogP contribution in [0.15, 0.2) is 42.5 Å². The number of ether oxygens (including phenoxy) is 1. The Bertz CT molecular complexity index is 955. The van der Waals surface area contributed by atoms with Gasteiger partial charge < -0.3 is 10.1 Å². The maximum Gasteiger partial charge on any atom is 0.258 e. The van der Waals surface area contributed by atoms with Gasteiger partial charge in [-0.25, -0.2) is 8.42 Å². The van der Waals surface area contributed by atoms with Gasteiger partial charge in [-0.15, -0.1) is 0 Å². The number of benzene rings is 2. The molecule has 2 aromatic carbocycles. The number of fused-ring (bicyclic) bond motifs is 1. The summed E-state index contributed by atoms with van der Waals surface area (Å²) in [5, 5.41) is 2.96. The van der Waals surface area contributed by atoms with E-state index >= 15 is 0 Å². The number of nitrogens with zero attached hydrogens (tertiary/aromatic N) is 1. The number of hydrogen-bond acceptors (Lipinski definition) is 4. The van der Waals surface area contributed by atoms with Crippen LogP contribution in [0.4, 0.5) is 5.69 Å². The summed E-state index contributed by atoms with van der Waals surface area (Å²) in [6, 6.07) is 12.9. The Morgan fingerprint density at radius 1 is 1.14 bits per heavy atom. The fraction of sp³-hybridized carbons (Fsp3) is 0.381. The number of hydrogen-bond donors (Lipinski definition) is 1. The SMILES string of the molecule is CC(NC(=O)COc1ccc(N(C)S(C)(=O)=O)cc1)c1ccc2c(c1)CCC2. The normalized spacial score (nSPS) is 14.2. The highest BCUT2D eigenvalue weighted by atomic mass is 32.2. The van der Waals surface area contributed by atoms with Crippen LogP contribution in [0.3, 0.4) is 0 Å². The molecule has 0 aliphatic heterocycles. The maximum atomic E-state index is 12.2. The van der Waals surface area contributed by atoms with Crippen molar-refractivity contribution in [2.24, 2.45) is 0 Å². The van der Waals surface area contributed by atoms with Crippen molar-refractivity contribution >= 4 is 21.6 Å². The molecule has 0 heterocycles. The molecule has 1 amide bonds. The van der Waals surface area contributed by atoms with Crippen molar-refractivity contribution in [3.05, 3.63) is 59.2 Å². The van der Waals surface area contributed by atoms with Crippen molar-refractivity contribution in [2.45, 2.75) is 32.2 Å². The highest BCUT2D eigenvalue weighted by Gasteiger charge is 2.15. The van der Waals surface area contributed by atoms with Gasteiger partial charge in [-0.2, -0.15) is 0 Å². The van der Waals surface area contributed by atoms with E-state index in [1.807, 2.05) is 6.92 Å². The first-order valence-corrected chi connectivity index (χ1v) is 11.2. The summed E-state index contributed by atoms with van der Waals surface area (Å²) in [7, 11) is -1.82. The molecule has 150 valence electrons. The molecule has 7 heteroatoms. The van der Waals surface area contributed by atoms with E-state index in [1.54, 1.807) is 24.3 Å². The molecule has 1 N–H and O–H groups in total. The fourth-order valence-electron chi connectivity index (χ4n) is 3.32. The molecule has 3 rings (SSSR count). The summed E-state index contributed by atoms with van der Waals surface area (Å²) in [5.41, 5.74) is 4.43. The van der Waals surface area contributed by atoms with Crippen molar-refractivity contribution in [2.75, 3.05) is 24.2 Å². The molecule has 0 spiro atoms. The van der Waals surface area contributed by atoms with Crippen LogP contribution in [-0.2, 0) is 27.7 Å². The summed E-state index contributed by atoms with van der Waals surface area (Å²) >= 11 is 0. The topological polar surface area (TPSA) is 75.7 Å². The van der Waals surface area contributed by atoms with Gasteiger partial charge in [0.15, 0.2) is 6.61 Å². The van der Waals surface area contributed by atoms with Gasteiger partial charge in [0, 0.05) is 7.05 Å². The molecule has 0 saturated carbocycles. The Morgan fingerprint density at radius 3 is 2.50 bits per heavy atom. The second kappa shape index (κ2) is 8.22. The number of aryl methyl sites for hydroxylation is 2. The van der Waals surface area contributed by atoms with Crippen LogP contribution in [0.5, 0.6) is 5.75 Å². The van der Waals surface area contributed by atoms with E-state index in [2.05, 4.69) is 23.5 Å². The van der Waals surface area contributed by atoms with Gasteiger partial charge in [-0.05, 0) is 67.1 Å². The first-order chi connectivity index (χ1) is 13.2. The Labute approximate surface area is 166 Å². The van der Waals surface area contributed by atoms with Gasteiger partial charge >= 0.3 is 0 Å². The minimum Gasteiger partial charge on any atom is -0.484 e. The van der Waals surface area contributed by atoms with Gasteiger partial charge in [-0.3, -0.25) is 9.10 Å². The highest BCUT2D eigenvalue weighted by molar-refractivity contribution is 7.92. The number of nitrogens with one attached hydrogen (secondary N) is 1. The number of carbonyl (C=O) groups is 1. The third kappa shape index (κ3) is 4.84. The van der Waals surface area contributed by atoms with Crippen molar-refractivity contribution in [3.8, 4) is 5.75 Å². The molecule has 6 nitrogen and oxygen atoms in total. The zero-order chi connectivity index (χ0) is 20.3. The second-order valence-electron chi connectivity index (χ2n) is 7.18. The maximum absolute atomic E-state index is 12.2. The number of sulfonamides is 1. The van der Waals surface area contributed by atoms with Crippen molar-refractivity contribution in [1.82, 2.24) is 5.32 Å². The molecule has 0 fully saturated rings. The van der Waals surface area contributed by atoms with Crippen LogP contribution in [0.25, 0.3) is 0 Å². The minimum atomic E-state index is -3.31. The van der Waals surface area contributed by atoms with Crippen LogP contribution in [-0.4, -0.2) is 34.2 Å². The van der Waals surface area contributed by atoms with E-state index in [0.717, 1.165) is 24.7 Å². The molecule has 0 radical (unpaired) electrons. The predicted octanol–water partition coefficient (Wildman–Crippen LogP) is 2.83. The van der Waals surface area contributed by atoms with Gasteiger partial charge in [0.2, 0.25) is 10.0 Å². The molecule has 0 saturated heterocycles. The second-order valence-corrected chi connectivity index (χ2v) is 9.20. The summed E-state index contributed by atoms with van der Waals surface area (Å²) < 4.78 is 29.8. The van der Waals surface area contributed by atoms with Gasteiger partial charge in [0.1, 0.15) is 5.75 Å². The van der Waals surface area contributed by atoms with E-state index in [-0.39, 0.29) is 18.6 Å². The molecular weight excluding hydrogens is 376 g/mol. The first kappa shape index (κ1) is 20.2. The lowest BCUT2D eigenvalue weighted by molar-refractivity contribution is -0.123. The lowest BCUT2D eigenvalue weighted by atomic mass is 10.0. The van der Waals surface area contributed by atoms with Gasteiger partial charge in [0.25, 0.3) is 5.91 Å². The molecule has 1 aliphatic carbocycles. The Kier molecular flexibility index (Phi) is 5.93. The number of rotatable bonds is 7. The molecule has 2 aromatic rings. The zero-order valence-electron chi connectivity index (χ0n) is 16.4. The average Bonchev–Trinajstić information content (AvgIpc) is 3.13. The number of anilines is 1. The number of amides is 1. The molecule has 1 aliphatic rings. The number of carbonyl (C=O) groups excluding carboxylic acids is 1. The van der Waals surface area contributed by atoms with Gasteiger partial charge in [-0.1, -0.05) is 18.2 Å². The first-order valence-electron chi connectivity index (χ1n) is 9.32. The average molecular weight is 403 g/mol. The lowest BCUT2D eigenvalue weighted by Gasteiger charge is -2.17. The molecule has 1 atom stereocenters. The fourth-order valence-corrected chi connectivity index (χ4v) is 3.82. The van der Waals surface area contributed by atoms with Crippen molar-refractivity contribution in [3.63, 3.8) is 0 Å². The molecule has 28 heavy (non-hydrogen) atoms. The van der Waals surface area contributed by atoms with E-state index in [4.69, 9.17) is 4.74 Å². The highest BCUT2D eigenvalue weighted by Crippen LogP contribution is 2.25. The Hall–Kier alpha value is -2.54. The minimum absolute atomic E-state index is 0.0900. The molecular formula is C21H26N2O4S. The van der Waals surface area contributed by atoms with Crippen LogP contribution in [0.1, 0.15) is 36.1 Å². The largest absolute Gasteiger partial charge is 0.484 e. The molecule has 1 unspecified atom stereocenters. The lowest BCUT2D eigenvalue weighted by Crippen LogP contribution is -2.31. The quantitative estimate of drug-likeness (QED) is 0.773. The predicted molar refractivity (Wildman–Crippen MR) is 110 cm³/mol. The third-order valence-corrected chi connectivity index (χ3v) is 6.27. The summed E-state index contributed by atoms with van der Waals surface area (Å²) in [6.45, 7) is 1.86. The third-order valence-electron chi connectivity index (χ3n) is 5.07. The van der Waals surface area contributed by atoms with E-state index < -0.39 is 10.0 Å². The summed E-state index contributed by atoms with van der Waals surface area (Å²) in [6.07, 6.45) is 4.59. The van der Waals surface area contributed by atoms with Crippen LogP contribution in [0.2, 0.25) is 0 Å². The summed E-state index contributed by atoms with van der Waals surface area (Å²) in [4.78, 5) is 12.2. The van der Waals surface area contributed by atoms with Crippen LogP contribution in [0, 0.1) is 0 Å². The molecule has 0 aromatic heterocycles. The smallest absolute Gasteiger partial charge is 0.258 e. The Balaban J connectivity index is 1.52. The monoisotopic (exact) mass is 402 g/mol. The Morgan fingerprint density at radius 2 is 1.82 bits per heavy atom. The van der Waals surface area contributed by atoms with E-state index in [1.165, 1.54) is 28.9 Å². The van der Waals surface area contributed by atoms with E-state index in [0.29, 0.717) is 11.4 Å². The summed E-state index contributed by atoms with van der Waals surface area (Å²) in [5.74, 6) is 0.302. The zero-order valence-corrected chi connectivity index (χ0v) is 17.3. The van der Waals surface area contributed by atoms with Crippen LogP contribution < -0.4 is 14.4 Å². The van der Waals surface area contributed by atoms with Crippen molar-refractivity contribution < 1.29 is 17.9 Å². The van der Waals surface area contributed by atoms with Crippen LogP contribution >= 0.6 is 0 Å². The molecule has 0 bridgehead atoms. The van der Waals surface area contributed by atoms with Crippen molar-refractivity contribution in [1.29, 1.82) is 0 Å². The van der Waals surface area contributed by atoms with Gasteiger partial charge in [0.05, 0.1) is 18.0 Å². The van der Waals surface area contributed by atoms with E-state index in [9.17, 15) is 13.2 Å². The standard InChI is InChI=1S/C21H26N2O4S/c1-15(17-8-7-16-5-4-6-18(16)13-17)22-21(24)14-27-20-11-9-19(10-12-20)23(2)28(3,25)26/h7-13,15H,4-6,14H2,1-3H3,(H,22,24).